The smallest absolute Gasteiger partial charge is 0.289 e. The molecule has 120 valence electrons. The van der Waals surface area contributed by atoms with Crippen molar-refractivity contribution in [2.24, 2.45) is 5.92 Å². The highest BCUT2D eigenvalue weighted by atomic mass is 16.4. The number of amides is 1. The van der Waals surface area contributed by atoms with Gasteiger partial charge in [-0.2, -0.15) is 0 Å². The Labute approximate surface area is 134 Å². The second-order valence-corrected chi connectivity index (χ2v) is 6.76. The number of carbonyl (C=O) groups is 1. The number of carbonyl (C=O) groups excluding carboxylic acids is 1. The predicted octanol–water partition coefficient (Wildman–Crippen LogP) is 2.32. The van der Waals surface area contributed by atoms with Gasteiger partial charge in [0.25, 0.3) is 11.5 Å². The molecule has 2 atom stereocenters. The molecule has 0 spiro atoms. The standard InChI is InChI=1S/C18H20N2O3/c1-11-6-16(23-12(11)2)18(22)19-8-13-7-14(10-19)15-4-3-5-17(21)20(15)9-13/h3-6,13-14H,7-10H2,1-2H3. The Kier molecular flexibility index (Phi) is 3.18. The van der Waals surface area contributed by atoms with Gasteiger partial charge in [0.15, 0.2) is 5.76 Å². The number of rotatable bonds is 1. The van der Waals surface area contributed by atoms with Gasteiger partial charge in [0.1, 0.15) is 5.76 Å². The van der Waals surface area contributed by atoms with Crippen molar-refractivity contribution in [3.63, 3.8) is 0 Å². The van der Waals surface area contributed by atoms with Gasteiger partial charge in [0, 0.05) is 37.3 Å². The predicted molar refractivity (Wildman–Crippen MR) is 85.6 cm³/mol. The molecule has 5 heteroatoms. The van der Waals surface area contributed by atoms with Crippen molar-refractivity contribution in [3.8, 4) is 0 Å². The van der Waals surface area contributed by atoms with Gasteiger partial charge in [-0.25, -0.2) is 0 Å². The topological polar surface area (TPSA) is 55.5 Å². The van der Waals surface area contributed by atoms with Crippen LogP contribution in [0.2, 0.25) is 0 Å². The van der Waals surface area contributed by atoms with E-state index in [9.17, 15) is 9.59 Å². The van der Waals surface area contributed by atoms with Crippen molar-refractivity contribution in [2.75, 3.05) is 13.1 Å². The SMILES string of the molecule is Cc1cc(C(=O)N2CC3CC(C2)c2cccc(=O)n2C3)oc1C. The first-order valence-corrected chi connectivity index (χ1v) is 8.09. The van der Waals surface area contributed by atoms with E-state index in [4.69, 9.17) is 4.42 Å². The van der Waals surface area contributed by atoms with Gasteiger partial charge in [-0.05, 0) is 43.9 Å². The molecule has 1 amide bonds. The lowest BCUT2D eigenvalue weighted by Gasteiger charge is -2.42. The Morgan fingerprint density at radius 1 is 1.22 bits per heavy atom. The third kappa shape index (κ3) is 2.31. The lowest BCUT2D eigenvalue weighted by molar-refractivity contribution is 0.0562. The molecule has 23 heavy (non-hydrogen) atoms. The summed E-state index contributed by atoms with van der Waals surface area (Å²) in [5.41, 5.74) is 2.12. The summed E-state index contributed by atoms with van der Waals surface area (Å²) in [5.74, 6) is 1.75. The van der Waals surface area contributed by atoms with Crippen LogP contribution >= 0.6 is 0 Å². The van der Waals surface area contributed by atoms with Crippen molar-refractivity contribution in [1.82, 2.24) is 9.47 Å². The average Bonchev–Trinajstić information content (AvgIpc) is 2.87. The Morgan fingerprint density at radius 2 is 2.04 bits per heavy atom. The maximum absolute atomic E-state index is 12.7. The van der Waals surface area contributed by atoms with Gasteiger partial charge in [0.05, 0.1) is 0 Å². The first kappa shape index (κ1) is 14.3. The van der Waals surface area contributed by atoms with Gasteiger partial charge < -0.3 is 13.9 Å². The number of hydrogen-bond donors (Lipinski definition) is 0. The maximum atomic E-state index is 12.7. The van der Waals surface area contributed by atoms with Crippen molar-refractivity contribution < 1.29 is 9.21 Å². The van der Waals surface area contributed by atoms with Crippen LogP contribution in [0.1, 0.15) is 39.9 Å². The second-order valence-electron chi connectivity index (χ2n) is 6.76. The molecule has 0 radical (unpaired) electrons. The lowest BCUT2D eigenvalue weighted by Crippen LogP contribution is -2.49. The highest BCUT2D eigenvalue weighted by molar-refractivity contribution is 5.92. The monoisotopic (exact) mass is 312 g/mol. The number of piperidine rings is 1. The molecule has 5 nitrogen and oxygen atoms in total. The molecule has 4 heterocycles. The lowest BCUT2D eigenvalue weighted by atomic mass is 9.83. The van der Waals surface area contributed by atoms with Crippen LogP contribution < -0.4 is 5.56 Å². The van der Waals surface area contributed by atoms with Crippen LogP contribution in [0, 0.1) is 19.8 Å². The minimum absolute atomic E-state index is 0.0392. The fourth-order valence-electron chi connectivity index (χ4n) is 3.90. The van der Waals surface area contributed by atoms with E-state index in [-0.39, 0.29) is 17.4 Å². The minimum atomic E-state index is -0.0392. The van der Waals surface area contributed by atoms with E-state index < -0.39 is 0 Å². The summed E-state index contributed by atoms with van der Waals surface area (Å²) in [4.78, 5) is 26.7. The fraction of sp³-hybridized carbons (Fsp3) is 0.444. The summed E-state index contributed by atoms with van der Waals surface area (Å²) in [5, 5.41) is 0. The van der Waals surface area contributed by atoms with Gasteiger partial charge in [-0.15, -0.1) is 0 Å². The summed E-state index contributed by atoms with van der Waals surface area (Å²) in [6.07, 6.45) is 1.05. The Hall–Kier alpha value is -2.30. The number of furan rings is 1. The van der Waals surface area contributed by atoms with Crippen molar-refractivity contribution >= 4 is 5.91 Å². The molecule has 0 N–H and O–H groups in total. The molecule has 2 aromatic heterocycles. The molecule has 0 aliphatic carbocycles. The molecule has 2 bridgehead atoms. The summed E-state index contributed by atoms with van der Waals surface area (Å²) < 4.78 is 7.47. The molecule has 2 aliphatic heterocycles. The number of fused-ring (bicyclic) bond motifs is 4. The molecule has 2 aliphatic rings. The molecule has 1 fully saturated rings. The fourth-order valence-corrected chi connectivity index (χ4v) is 3.90. The normalized spacial score (nSPS) is 22.8. The number of pyridine rings is 1. The van der Waals surface area contributed by atoms with Gasteiger partial charge in [-0.1, -0.05) is 6.07 Å². The van der Waals surface area contributed by atoms with Crippen molar-refractivity contribution in [1.29, 1.82) is 0 Å². The number of nitrogens with zero attached hydrogens (tertiary/aromatic N) is 2. The van der Waals surface area contributed by atoms with Crippen LogP contribution in [0.3, 0.4) is 0 Å². The maximum Gasteiger partial charge on any atom is 0.289 e. The zero-order valence-corrected chi connectivity index (χ0v) is 13.4. The number of aryl methyl sites for hydroxylation is 2. The van der Waals surface area contributed by atoms with Crippen LogP contribution in [0.15, 0.2) is 33.5 Å². The van der Waals surface area contributed by atoms with Gasteiger partial charge >= 0.3 is 0 Å². The Bertz CT molecular complexity index is 814. The van der Waals surface area contributed by atoms with Crippen LogP contribution in [-0.2, 0) is 6.54 Å². The third-order valence-corrected chi connectivity index (χ3v) is 5.14. The van der Waals surface area contributed by atoms with Gasteiger partial charge in [-0.3, -0.25) is 9.59 Å². The first-order valence-electron chi connectivity index (χ1n) is 8.09. The van der Waals surface area contributed by atoms with E-state index in [0.717, 1.165) is 23.4 Å². The van der Waals surface area contributed by atoms with Crippen molar-refractivity contribution in [3.05, 3.63) is 57.4 Å². The van der Waals surface area contributed by atoms with Gasteiger partial charge in [0.2, 0.25) is 0 Å². The first-order chi connectivity index (χ1) is 11.0. The van der Waals surface area contributed by atoms with Crippen LogP contribution in [-0.4, -0.2) is 28.5 Å². The number of aromatic nitrogens is 1. The zero-order valence-electron chi connectivity index (χ0n) is 13.4. The van der Waals surface area contributed by atoms with Crippen molar-refractivity contribution in [2.45, 2.75) is 32.7 Å². The number of hydrogen-bond acceptors (Lipinski definition) is 3. The van der Waals surface area contributed by atoms with E-state index >= 15 is 0 Å². The summed E-state index contributed by atoms with van der Waals surface area (Å²) in [7, 11) is 0. The van der Waals surface area contributed by atoms with E-state index in [1.54, 1.807) is 6.07 Å². The van der Waals surface area contributed by atoms with E-state index in [0.29, 0.717) is 31.3 Å². The highest BCUT2D eigenvalue weighted by Gasteiger charge is 2.37. The largest absolute Gasteiger partial charge is 0.456 e. The molecule has 1 saturated heterocycles. The second kappa shape index (κ2) is 5.11. The van der Waals surface area contributed by atoms with Crippen LogP contribution in [0.4, 0.5) is 0 Å². The van der Waals surface area contributed by atoms with E-state index in [1.165, 1.54) is 0 Å². The Balaban J connectivity index is 1.63. The van der Waals surface area contributed by atoms with E-state index in [2.05, 4.69) is 0 Å². The van der Waals surface area contributed by atoms with Crippen LogP contribution in [0.25, 0.3) is 0 Å². The molecule has 0 saturated carbocycles. The molecule has 2 unspecified atom stereocenters. The molecular weight excluding hydrogens is 292 g/mol. The van der Waals surface area contributed by atoms with Crippen LogP contribution in [0.5, 0.6) is 0 Å². The average molecular weight is 312 g/mol. The summed E-state index contributed by atoms with van der Waals surface area (Å²) in [6.45, 7) is 5.86. The summed E-state index contributed by atoms with van der Waals surface area (Å²) in [6, 6.07) is 7.26. The zero-order chi connectivity index (χ0) is 16.1. The van der Waals surface area contributed by atoms with E-state index in [1.807, 2.05) is 41.5 Å². The third-order valence-electron chi connectivity index (χ3n) is 5.14. The molecule has 2 aromatic rings. The highest BCUT2D eigenvalue weighted by Crippen LogP contribution is 2.35. The minimum Gasteiger partial charge on any atom is -0.456 e. The number of likely N-dealkylation sites (tertiary alicyclic amines) is 1. The molecule has 4 rings (SSSR count). The summed E-state index contributed by atoms with van der Waals surface area (Å²) >= 11 is 0. The molecular formula is C18H20N2O3. The Morgan fingerprint density at radius 3 is 2.78 bits per heavy atom. The quantitative estimate of drug-likeness (QED) is 0.812. The molecule has 0 aromatic carbocycles.